The van der Waals surface area contributed by atoms with Crippen LogP contribution in [0.25, 0.3) is 21.5 Å². The van der Waals surface area contributed by atoms with Gasteiger partial charge in [0, 0.05) is 11.1 Å². The Morgan fingerprint density at radius 2 is 0.842 bits per heavy atom. The summed E-state index contributed by atoms with van der Waals surface area (Å²) < 4.78 is 25.3. The van der Waals surface area contributed by atoms with Gasteiger partial charge in [-0.1, -0.05) is 73.5 Å². The first-order valence-corrected chi connectivity index (χ1v) is 13.7. The molecule has 3 aromatic rings. The molecule has 2 heterocycles. The fraction of sp³-hybridized carbons (Fsp3) is 0.400. The highest BCUT2D eigenvalue weighted by atomic mass is 32.1. The van der Waals surface area contributed by atoms with Crippen molar-refractivity contribution in [2.75, 3.05) is 0 Å². The van der Waals surface area contributed by atoms with Crippen molar-refractivity contribution in [2.24, 2.45) is 0 Å². The lowest BCUT2D eigenvalue weighted by Crippen LogP contribution is -2.41. The number of rotatable bonds is 2. The monoisotopic (exact) mass is 542 g/mol. The summed E-state index contributed by atoms with van der Waals surface area (Å²) in [6.07, 6.45) is 0. The van der Waals surface area contributed by atoms with Crippen molar-refractivity contribution < 1.29 is 18.6 Å². The molecule has 2 aliphatic heterocycles. The van der Waals surface area contributed by atoms with Gasteiger partial charge < -0.3 is 18.6 Å². The van der Waals surface area contributed by atoms with Crippen molar-refractivity contribution in [1.29, 1.82) is 0 Å². The largest absolute Gasteiger partial charge is 0.494 e. The molecule has 194 valence electrons. The maximum atomic E-state index is 6.33. The number of fused-ring (bicyclic) bond motifs is 2. The summed E-state index contributed by atoms with van der Waals surface area (Å²) in [7, 11) is -0.968. The maximum absolute atomic E-state index is 6.33. The number of thiol groups is 2. The Morgan fingerprint density at radius 1 is 0.526 bits per heavy atom. The van der Waals surface area contributed by atoms with Crippen LogP contribution in [0.2, 0.25) is 0 Å². The molecule has 0 atom stereocenters. The van der Waals surface area contributed by atoms with Crippen LogP contribution in [-0.2, 0) is 18.6 Å². The minimum atomic E-state index is -0.484. The molecule has 0 aromatic heterocycles. The number of benzene rings is 3. The smallest absolute Gasteiger partial charge is 0.399 e. The Balaban J connectivity index is 1.71. The molecule has 0 amide bonds. The molecule has 8 heteroatoms. The van der Waals surface area contributed by atoms with E-state index in [4.69, 9.17) is 18.6 Å². The van der Waals surface area contributed by atoms with Crippen LogP contribution in [0.4, 0.5) is 0 Å². The summed E-state index contributed by atoms with van der Waals surface area (Å²) in [6.45, 7) is 16.4. The van der Waals surface area contributed by atoms with Crippen LogP contribution in [0, 0.1) is 22.3 Å². The summed E-state index contributed by atoms with van der Waals surface area (Å²) >= 11 is 8.50. The van der Waals surface area contributed by atoms with E-state index in [2.05, 4.69) is 127 Å². The predicted molar refractivity (Wildman–Crippen MR) is 165 cm³/mol. The highest BCUT2D eigenvalue weighted by molar-refractivity contribution is 7.85. The first-order chi connectivity index (χ1) is 17.7. The molecule has 0 aliphatic carbocycles. The molecule has 2 fully saturated rings. The third-order valence-electron chi connectivity index (χ3n) is 8.58. The molecule has 2 saturated heterocycles. The molecular weight excluding hydrogens is 510 g/mol. The Kier molecular flexibility index (Phi) is 6.72. The Bertz CT molecular complexity index is 1440. The van der Waals surface area contributed by atoms with Gasteiger partial charge in [-0.05, 0) is 98.4 Å². The predicted octanol–water partition coefficient (Wildman–Crippen LogP) is 5.07. The van der Waals surface area contributed by atoms with Crippen molar-refractivity contribution in [3.63, 3.8) is 0 Å². The highest BCUT2D eigenvalue weighted by Gasteiger charge is 2.52. The molecule has 0 spiro atoms. The van der Waals surface area contributed by atoms with Gasteiger partial charge in [0.1, 0.15) is 0 Å². The second-order valence-electron chi connectivity index (χ2n) is 12.0. The minimum absolute atomic E-state index is 0.434. The summed E-state index contributed by atoms with van der Waals surface area (Å²) in [5, 5.41) is 9.47. The molecular formula is C30H32B2O4S2. The van der Waals surface area contributed by atoms with Gasteiger partial charge in [-0.25, -0.2) is 0 Å². The first kappa shape index (κ1) is 27.5. The van der Waals surface area contributed by atoms with E-state index in [1.807, 2.05) is 12.1 Å². The van der Waals surface area contributed by atoms with E-state index in [1.165, 1.54) is 0 Å². The van der Waals surface area contributed by atoms with Gasteiger partial charge in [-0.15, -0.1) is 0 Å². The Hall–Kier alpha value is -2.03. The summed E-state index contributed by atoms with van der Waals surface area (Å²) in [5.41, 5.74) is 1.86. The van der Waals surface area contributed by atoms with Crippen LogP contribution in [0.3, 0.4) is 0 Å². The molecule has 38 heavy (non-hydrogen) atoms. The van der Waals surface area contributed by atoms with Gasteiger partial charge >= 0.3 is 14.2 Å². The van der Waals surface area contributed by atoms with Crippen LogP contribution in [-0.4, -0.2) is 36.6 Å². The van der Waals surface area contributed by atoms with Crippen LogP contribution < -0.4 is 10.9 Å². The van der Waals surface area contributed by atoms with Gasteiger partial charge in [0.15, 0.2) is 0 Å². The Morgan fingerprint density at radius 3 is 1.13 bits per heavy atom. The number of hydrogen-bond acceptors (Lipinski definition) is 6. The molecule has 0 unspecified atom stereocenters. The fourth-order valence-electron chi connectivity index (χ4n) is 4.90. The van der Waals surface area contributed by atoms with Crippen LogP contribution in [0.5, 0.6) is 0 Å². The zero-order valence-corrected chi connectivity index (χ0v) is 24.9. The molecule has 0 saturated carbocycles. The van der Waals surface area contributed by atoms with E-state index in [0.717, 1.165) is 43.6 Å². The second kappa shape index (κ2) is 9.27. The standard InChI is InChI=1S/C30H32B2O4S2/c1-27(2)28(3,4)34-31(33-27)19-9-11-21-24(14-16-38)26-18-20(32-35-29(5,6)30(7,8)36-32)10-12-22(26)23(13-15-37)25(21)17-19/h9-12,17-18,37-38H,1-8H3. The topological polar surface area (TPSA) is 36.9 Å². The third kappa shape index (κ3) is 4.37. The third-order valence-corrected chi connectivity index (χ3v) is 8.80. The molecule has 0 N–H and O–H groups in total. The second-order valence-corrected chi connectivity index (χ2v) is 12.5. The fourth-order valence-corrected chi connectivity index (χ4v) is 5.12. The molecule has 3 aromatic carbocycles. The molecule has 0 bridgehead atoms. The summed E-state index contributed by atoms with van der Waals surface area (Å²) in [4.78, 5) is 0. The van der Waals surface area contributed by atoms with Crippen molar-refractivity contribution >= 4 is 72.0 Å². The lowest BCUT2D eigenvalue weighted by atomic mass is 9.75. The van der Waals surface area contributed by atoms with Gasteiger partial charge in [0.05, 0.1) is 22.4 Å². The van der Waals surface area contributed by atoms with Crippen molar-refractivity contribution in [2.45, 2.75) is 77.8 Å². The van der Waals surface area contributed by atoms with Crippen molar-refractivity contribution in [3.8, 4) is 22.3 Å². The van der Waals surface area contributed by atoms with E-state index >= 15 is 0 Å². The normalized spacial score (nSPS) is 20.8. The summed E-state index contributed by atoms with van der Waals surface area (Å²) in [6, 6.07) is 12.4. The average Bonchev–Trinajstić information content (AvgIpc) is 3.20. The van der Waals surface area contributed by atoms with Crippen LogP contribution in [0.15, 0.2) is 36.4 Å². The zero-order chi connectivity index (χ0) is 27.7. The minimum Gasteiger partial charge on any atom is -0.399 e. The van der Waals surface area contributed by atoms with E-state index in [-0.39, 0.29) is 0 Å². The molecule has 4 nitrogen and oxygen atoms in total. The molecule has 2 aliphatic rings. The van der Waals surface area contributed by atoms with E-state index in [9.17, 15) is 0 Å². The van der Waals surface area contributed by atoms with Gasteiger partial charge in [0.25, 0.3) is 0 Å². The van der Waals surface area contributed by atoms with Crippen LogP contribution in [0.1, 0.15) is 66.5 Å². The average molecular weight is 542 g/mol. The summed E-state index contributed by atoms with van der Waals surface area (Å²) in [5.74, 6) is 6.46. The maximum Gasteiger partial charge on any atom is 0.494 e. The first-order valence-electron chi connectivity index (χ1n) is 12.8. The van der Waals surface area contributed by atoms with E-state index < -0.39 is 36.6 Å². The van der Waals surface area contributed by atoms with Crippen LogP contribution >= 0.6 is 25.3 Å². The van der Waals surface area contributed by atoms with Crippen molar-refractivity contribution in [1.82, 2.24) is 0 Å². The Labute approximate surface area is 237 Å². The molecule has 5 rings (SSSR count). The SMILES string of the molecule is CC1(C)OB(c2ccc3c(C#CS)c4cc(B5OC(C)(C)C(C)(C)O5)ccc4c(C#CS)c3c2)OC1(C)C. The quantitative estimate of drug-likeness (QED) is 0.205. The van der Waals surface area contributed by atoms with Gasteiger partial charge in [0.2, 0.25) is 0 Å². The lowest BCUT2D eigenvalue weighted by Gasteiger charge is -2.32. The van der Waals surface area contributed by atoms with E-state index in [1.54, 1.807) is 0 Å². The van der Waals surface area contributed by atoms with Crippen molar-refractivity contribution in [3.05, 3.63) is 47.5 Å². The van der Waals surface area contributed by atoms with Gasteiger partial charge in [-0.3, -0.25) is 0 Å². The lowest BCUT2D eigenvalue weighted by molar-refractivity contribution is 0.00578. The zero-order valence-electron chi connectivity index (χ0n) is 23.1. The van der Waals surface area contributed by atoms with Gasteiger partial charge in [-0.2, -0.15) is 0 Å². The highest BCUT2D eigenvalue weighted by Crippen LogP contribution is 2.39. The molecule has 0 radical (unpaired) electrons. The van der Waals surface area contributed by atoms with E-state index in [0.29, 0.717) is 0 Å². The number of hydrogen-bond donors (Lipinski definition) is 2.